The van der Waals surface area contributed by atoms with E-state index < -0.39 is 31.9 Å². The second-order valence-electron chi connectivity index (χ2n) is 6.68. The molecule has 1 aromatic heterocycles. The van der Waals surface area contributed by atoms with Crippen LogP contribution < -0.4 is 4.72 Å². The van der Waals surface area contributed by atoms with Gasteiger partial charge < -0.3 is 0 Å². The van der Waals surface area contributed by atoms with Gasteiger partial charge in [0.1, 0.15) is 5.82 Å². The lowest BCUT2D eigenvalue weighted by Gasteiger charge is -2.20. The molecule has 0 bridgehead atoms. The van der Waals surface area contributed by atoms with E-state index in [1.165, 1.54) is 64.2 Å². The first kappa shape index (κ1) is 23.6. The molecule has 0 saturated heterocycles. The summed E-state index contributed by atoms with van der Waals surface area (Å²) in [6, 6.07) is 13.6. The zero-order valence-electron chi connectivity index (χ0n) is 17.0. The van der Waals surface area contributed by atoms with Gasteiger partial charge in [-0.3, -0.25) is 0 Å². The van der Waals surface area contributed by atoms with Crippen molar-refractivity contribution in [1.82, 2.24) is 9.03 Å². The van der Waals surface area contributed by atoms with Gasteiger partial charge in [-0.25, -0.2) is 21.2 Å². The zero-order chi connectivity index (χ0) is 22.6. The Balaban J connectivity index is 1.92. The van der Waals surface area contributed by atoms with Crippen LogP contribution in [0.2, 0.25) is 0 Å². The minimum absolute atomic E-state index is 0.0310. The average Bonchev–Trinajstić information content (AvgIpc) is 3.28. The van der Waals surface area contributed by atoms with Crippen LogP contribution in [-0.2, 0) is 20.0 Å². The van der Waals surface area contributed by atoms with Gasteiger partial charge in [0.15, 0.2) is 0 Å². The largest absolute Gasteiger partial charge is 0.243 e. The summed E-state index contributed by atoms with van der Waals surface area (Å²) >= 11 is 1.37. The van der Waals surface area contributed by atoms with E-state index in [0.29, 0.717) is 18.7 Å². The number of halogens is 1. The molecule has 3 rings (SSSR count). The van der Waals surface area contributed by atoms with Crippen molar-refractivity contribution in [3.8, 4) is 0 Å². The Kier molecular flexibility index (Phi) is 7.28. The third kappa shape index (κ3) is 5.21. The summed E-state index contributed by atoms with van der Waals surface area (Å²) in [6.45, 7) is 4.12. The minimum Gasteiger partial charge on any atom is -0.207 e. The molecule has 10 heteroatoms. The van der Waals surface area contributed by atoms with Crippen molar-refractivity contribution in [3.63, 3.8) is 0 Å². The third-order valence-corrected chi connectivity index (χ3v) is 9.22. The molecule has 0 saturated carbocycles. The predicted octanol–water partition coefficient (Wildman–Crippen LogP) is 3.99. The molecule has 166 valence electrons. The molecule has 31 heavy (non-hydrogen) atoms. The standard InChI is InChI=1S/C21H23FN2O4S3/c1-3-24(4-2)31(27,28)19-13-11-18(12-14-19)30(25,26)23-21(20-6-5-15-29-20)16-7-9-17(22)10-8-16/h5-15,21,23H,3-4H2,1-2H3. The SMILES string of the molecule is CCN(CC)S(=O)(=O)c1ccc(S(=O)(=O)NC(c2ccc(F)cc2)c2cccs2)cc1. The number of hydrogen-bond donors (Lipinski definition) is 1. The van der Waals surface area contributed by atoms with Gasteiger partial charge in [0.2, 0.25) is 20.0 Å². The molecular weight excluding hydrogens is 459 g/mol. The van der Waals surface area contributed by atoms with E-state index in [1.54, 1.807) is 26.0 Å². The van der Waals surface area contributed by atoms with Gasteiger partial charge in [0.05, 0.1) is 15.8 Å². The summed E-state index contributed by atoms with van der Waals surface area (Å²) in [5.41, 5.74) is 0.591. The first-order valence-electron chi connectivity index (χ1n) is 9.60. The summed E-state index contributed by atoms with van der Waals surface area (Å²) < 4.78 is 68.7. The topological polar surface area (TPSA) is 83.6 Å². The van der Waals surface area contributed by atoms with Gasteiger partial charge >= 0.3 is 0 Å². The van der Waals surface area contributed by atoms with Gasteiger partial charge in [-0.1, -0.05) is 32.0 Å². The fourth-order valence-corrected chi connectivity index (χ4v) is 6.67. The van der Waals surface area contributed by atoms with E-state index >= 15 is 0 Å². The highest BCUT2D eigenvalue weighted by atomic mass is 32.2. The molecule has 1 N–H and O–H groups in total. The molecule has 2 aromatic carbocycles. The first-order chi connectivity index (χ1) is 14.7. The van der Waals surface area contributed by atoms with E-state index in [1.807, 2.05) is 5.38 Å². The van der Waals surface area contributed by atoms with E-state index in [0.717, 1.165) is 4.88 Å². The van der Waals surface area contributed by atoms with E-state index in [2.05, 4.69) is 4.72 Å². The Bertz CT molecular complexity index is 1200. The van der Waals surface area contributed by atoms with Gasteiger partial charge in [-0.05, 0) is 53.4 Å². The highest BCUT2D eigenvalue weighted by Crippen LogP contribution is 2.28. The maximum atomic E-state index is 13.3. The third-order valence-electron chi connectivity index (χ3n) is 4.78. The Morgan fingerprint density at radius 2 is 1.48 bits per heavy atom. The molecule has 0 amide bonds. The molecule has 0 aliphatic heterocycles. The first-order valence-corrected chi connectivity index (χ1v) is 13.4. The second-order valence-corrected chi connectivity index (χ2v) is 11.3. The van der Waals surface area contributed by atoms with Crippen LogP contribution in [0.3, 0.4) is 0 Å². The van der Waals surface area contributed by atoms with Crippen molar-refractivity contribution in [2.75, 3.05) is 13.1 Å². The molecule has 0 aliphatic carbocycles. The smallest absolute Gasteiger partial charge is 0.207 e. The van der Waals surface area contributed by atoms with Crippen LogP contribution in [0.4, 0.5) is 4.39 Å². The van der Waals surface area contributed by atoms with Crippen LogP contribution in [0.1, 0.15) is 30.3 Å². The van der Waals surface area contributed by atoms with Crippen LogP contribution in [0.5, 0.6) is 0 Å². The molecule has 6 nitrogen and oxygen atoms in total. The summed E-state index contributed by atoms with van der Waals surface area (Å²) in [6.07, 6.45) is 0. The highest BCUT2D eigenvalue weighted by Gasteiger charge is 2.26. The van der Waals surface area contributed by atoms with Crippen molar-refractivity contribution in [3.05, 3.63) is 82.3 Å². The molecular formula is C21H23FN2O4S3. The number of hydrogen-bond acceptors (Lipinski definition) is 5. The summed E-state index contributed by atoms with van der Waals surface area (Å²) in [4.78, 5) is 0.717. The summed E-state index contributed by atoms with van der Waals surface area (Å²) in [7, 11) is -7.67. The fourth-order valence-electron chi connectivity index (χ4n) is 3.13. The van der Waals surface area contributed by atoms with Crippen LogP contribution in [-0.4, -0.2) is 34.2 Å². The Labute approximate surface area is 186 Å². The molecule has 0 spiro atoms. The number of nitrogens with zero attached hydrogens (tertiary/aromatic N) is 1. The van der Waals surface area contributed by atoms with Crippen molar-refractivity contribution in [1.29, 1.82) is 0 Å². The van der Waals surface area contributed by atoms with Crippen LogP contribution in [0, 0.1) is 5.82 Å². The van der Waals surface area contributed by atoms with Crippen LogP contribution in [0.25, 0.3) is 0 Å². The number of rotatable bonds is 9. The van der Waals surface area contributed by atoms with Gasteiger partial charge in [0.25, 0.3) is 0 Å². The van der Waals surface area contributed by atoms with Crippen molar-refractivity contribution in [2.45, 2.75) is 29.7 Å². The number of benzene rings is 2. The Hall–Kier alpha value is -2.11. The van der Waals surface area contributed by atoms with Crippen molar-refractivity contribution >= 4 is 31.4 Å². The minimum atomic E-state index is -3.98. The van der Waals surface area contributed by atoms with Crippen molar-refractivity contribution < 1.29 is 21.2 Å². The predicted molar refractivity (Wildman–Crippen MR) is 119 cm³/mol. The van der Waals surface area contributed by atoms with Gasteiger partial charge in [-0.2, -0.15) is 9.03 Å². The maximum Gasteiger partial charge on any atom is 0.243 e. The quantitative estimate of drug-likeness (QED) is 0.500. The number of thiophene rings is 1. The average molecular weight is 483 g/mol. The van der Waals surface area contributed by atoms with Gasteiger partial charge in [-0.15, -0.1) is 11.3 Å². The van der Waals surface area contributed by atoms with Crippen molar-refractivity contribution in [2.24, 2.45) is 0 Å². The van der Waals surface area contributed by atoms with E-state index in [-0.39, 0.29) is 9.79 Å². The van der Waals surface area contributed by atoms with Gasteiger partial charge in [0, 0.05) is 18.0 Å². The molecule has 0 fully saturated rings. The monoisotopic (exact) mass is 482 g/mol. The maximum absolute atomic E-state index is 13.3. The number of sulfonamides is 2. The zero-order valence-corrected chi connectivity index (χ0v) is 19.5. The Morgan fingerprint density at radius 1 is 0.903 bits per heavy atom. The fraction of sp³-hybridized carbons (Fsp3) is 0.238. The Morgan fingerprint density at radius 3 is 2.00 bits per heavy atom. The molecule has 1 atom stereocenters. The molecule has 3 aromatic rings. The van der Waals surface area contributed by atoms with E-state index in [9.17, 15) is 21.2 Å². The lowest BCUT2D eigenvalue weighted by atomic mass is 10.1. The lowest BCUT2D eigenvalue weighted by Crippen LogP contribution is -2.31. The second kappa shape index (κ2) is 9.58. The van der Waals surface area contributed by atoms with Crippen LogP contribution in [0.15, 0.2) is 75.8 Å². The normalized spacial score (nSPS) is 13.4. The molecule has 0 aliphatic rings. The molecule has 1 heterocycles. The summed E-state index contributed by atoms with van der Waals surface area (Å²) in [5, 5.41) is 1.83. The molecule has 1 unspecified atom stereocenters. The lowest BCUT2D eigenvalue weighted by molar-refractivity contribution is 0.445. The van der Waals surface area contributed by atoms with Crippen LogP contribution >= 0.6 is 11.3 Å². The van der Waals surface area contributed by atoms with E-state index in [4.69, 9.17) is 0 Å². The molecule has 0 radical (unpaired) electrons. The number of nitrogens with one attached hydrogen (secondary N) is 1. The highest BCUT2D eigenvalue weighted by molar-refractivity contribution is 7.89. The summed E-state index contributed by atoms with van der Waals surface area (Å²) in [5.74, 6) is -0.415.